The van der Waals surface area contributed by atoms with Gasteiger partial charge in [0.25, 0.3) is 0 Å². The topological polar surface area (TPSA) is 39.7 Å². The number of rotatable bonds is 8. The summed E-state index contributed by atoms with van der Waals surface area (Å²) in [4.78, 5) is 0. The molecule has 0 aromatic carbocycles. The maximum absolute atomic E-state index is 6.50. The minimum atomic E-state index is -3.69. The summed E-state index contributed by atoms with van der Waals surface area (Å²) in [6.07, 6.45) is 1.02. The van der Waals surface area contributed by atoms with Gasteiger partial charge in [0.1, 0.15) is 0 Å². The molecule has 0 radical (unpaired) electrons. The Morgan fingerprint density at radius 1 is 0.727 bits per heavy atom. The first-order valence-electron chi connectivity index (χ1n) is 8.49. The summed E-state index contributed by atoms with van der Waals surface area (Å²) in [5, 5.41) is 3.38. The molecule has 0 aliphatic rings. The molecule has 1 N–H and O–H groups in total. The molecule has 0 aromatic heterocycles. The summed E-state index contributed by atoms with van der Waals surface area (Å²) in [5.74, 6) is 0. The fourth-order valence-electron chi connectivity index (χ4n) is 2.22. The summed E-state index contributed by atoms with van der Waals surface area (Å²) in [7, 11) is 0. The zero-order chi connectivity index (χ0) is 17.7. The molecule has 0 bridgehead atoms. The summed E-state index contributed by atoms with van der Waals surface area (Å²) in [5.41, 5.74) is -0.777. The van der Waals surface area contributed by atoms with Crippen LogP contribution in [0.5, 0.6) is 0 Å². The summed E-state index contributed by atoms with van der Waals surface area (Å²) in [6.45, 7) is 22.8. The van der Waals surface area contributed by atoms with Crippen molar-refractivity contribution in [2.24, 2.45) is 0 Å². The van der Waals surface area contributed by atoms with E-state index >= 15 is 0 Å². The van der Waals surface area contributed by atoms with Crippen LogP contribution in [0, 0.1) is 0 Å². The molecule has 0 aromatic rings. The van der Waals surface area contributed by atoms with Crippen molar-refractivity contribution in [3.8, 4) is 0 Å². The first-order valence-corrected chi connectivity index (χ1v) is 14.0. The van der Waals surface area contributed by atoms with Crippen LogP contribution in [0.1, 0.15) is 75.7 Å². The van der Waals surface area contributed by atoms with E-state index < -0.39 is 19.6 Å². The fourth-order valence-corrected chi connectivity index (χ4v) is 13.2. The molecular weight excluding hydrogens is 385 g/mol. The molecule has 0 saturated heterocycles. The average molecular weight is 424 g/mol. The summed E-state index contributed by atoms with van der Waals surface area (Å²) >= 11 is -3.69. The maximum atomic E-state index is 6.50. The normalized spacial score (nSPS) is 14.5. The van der Waals surface area contributed by atoms with E-state index in [9.17, 15) is 0 Å². The SMILES string of the molecule is CCNCC[CH2][Sn]([O]C(C)(C)C)([O]C(C)(C)C)[O]C(C)(C)C. The van der Waals surface area contributed by atoms with Crippen molar-refractivity contribution >= 4 is 19.6 Å². The first-order chi connectivity index (χ1) is 9.68. The molecule has 22 heavy (non-hydrogen) atoms. The van der Waals surface area contributed by atoms with Gasteiger partial charge in [-0.1, -0.05) is 0 Å². The van der Waals surface area contributed by atoms with Crippen molar-refractivity contribution in [2.45, 2.75) is 96.9 Å². The van der Waals surface area contributed by atoms with E-state index in [-0.39, 0.29) is 16.8 Å². The standard InChI is InChI=1S/C5H12N.3C4H9O.Sn/c1-3-5-6-4-2;3*1-4(2,3)5;/h6H,1,3-5H2,2H3;3*1-3H3;/q;3*-1;+3. The molecule has 0 aliphatic carbocycles. The molecule has 0 rings (SSSR count). The van der Waals surface area contributed by atoms with Crippen LogP contribution >= 0.6 is 0 Å². The van der Waals surface area contributed by atoms with Crippen molar-refractivity contribution in [2.75, 3.05) is 13.1 Å². The molecule has 0 amide bonds. The Hall–Kier alpha value is 0.639. The van der Waals surface area contributed by atoms with E-state index in [4.69, 9.17) is 9.22 Å². The van der Waals surface area contributed by atoms with E-state index in [1.807, 2.05) is 0 Å². The third-order valence-corrected chi connectivity index (χ3v) is 13.1. The minimum absolute atomic E-state index is 0.259. The molecule has 0 heterocycles. The van der Waals surface area contributed by atoms with Gasteiger partial charge in [-0.25, -0.2) is 0 Å². The van der Waals surface area contributed by atoms with Crippen LogP contribution in [0.15, 0.2) is 0 Å². The second-order valence-electron chi connectivity index (χ2n) is 8.78. The predicted molar refractivity (Wildman–Crippen MR) is 96.2 cm³/mol. The van der Waals surface area contributed by atoms with Crippen LogP contribution in [0.4, 0.5) is 0 Å². The molecular formula is C17H39NO3Sn. The van der Waals surface area contributed by atoms with Gasteiger partial charge in [0, 0.05) is 0 Å². The third-order valence-electron chi connectivity index (χ3n) is 2.47. The summed E-state index contributed by atoms with van der Waals surface area (Å²) < 4.78 is 20.4. The van der Waals surface area contributed by atoms with Crippen molar-refractivity contribution in [3.05, 3.63) is 0 Å². The van der Waals surface area contributed by atoms with Crippen LogP contribution in [0.3, 0.4) is 0 Å². The second kappa shape index (κ2) is 8.65. The Kier molecular flexibility index (Phi) is 8.90. The van der Waals surface area contributed by atoms with Crippen LogP contribution < -0.4 is 5.32 Å². The van der Waals surface area contributed by atoms with Gasteiger partial charge >= 0.3 is 144 Å². The molecule has 4 nitrogen and oxygen atoms in total. The van der Waals surface area contributed by atoms with Gasteiger partial charge in [0.2, 0.25) is 0 Å². The van der Waals surface area contributed by atoms with E-state index in [1.54, 1.807) is 0 Å². The molecule has 5 heteroatoms. The van der Waals surface area contributed by atoms with Crippen LogP contribution in [-0.4, -0.2) is 49.5 Å². The molecule has 0 aliphatic heterocycles. The fraction of sp³-hybridized carbons (Fsp3) is 1.00. The van der Waals surface area contributed by atoms with Gasteiger partial charge in [-0.15, -0.1) is 0 Å². The molecule has 0 atom stereocenters. The van der Waals surface area contributed by atoms with Crippen molar-refractivity contribution in [3.63, 3.8) is 0 Å². The van der Waals surface area contributed by atoms with Crippen LogP contribution in [0.2, 0.25) is 4.44 Å². The zero-order valence-corrected chi connectivity index (χ0v) is 19.4. The molecule has 0 spiro atoms. The molecule has 134 valence electrons. The quantitative estimate of drug-likeness (QED) is 0.464. The second-order valence-corrected chi connectivity index (χ2v) is 15.9. The Morgan fingerprint density at radius 3 is 1.36 bits per heavy atom. The molecule has 0 unspecified atom stereocenters. The van der Waals surface area contributed by atoms with Crippen molar-refractivity contribution in [1.29, 1.82) is 0 Å². The van der Waals surface area contributed by atoms with E-state index in [0.717, 1.165) is 23.9 Å². The van der Waals surface area contributed by atoms with Crippen LogP contribution in [-0.2, 0) is 9.22 Å². The molecule has 0 fully saturated rings. The van der Waals surface area contributed by atoms with Gasteiger partial charge in [0.15, 0.2) is 0 Å². The number of hydrogen-bond acceptors (Lipinski definition) is 4. The van der Waals surface area contributed by atoms with Gasteiger partial charge < -0.3 is 0 Å². The number of nitrogens with one attached hydrogen (secondary N) is 1. The Labute approximate surface area is 144 Å². The number of hydrogen-bond donors (Lipinski definition) is 1. The van der Waals surface area contributed by atoms with Crippen molar-refractivity contribution < 1.29 is 9.22 Å². The monoisotopic (exact) mass is 425 g/mol. The third kappa shape index (κ3) is 12.1. The first kappa shape index (κ1) is 22.6. The van der Waals surface area contributed by atoms with E-state index in [1.165, 1.54) is 0 Å². The van der Waals surface area contributed by atoms with E-state index in [2.05, 4.69) is 74.6 Å². The predicted octanol–water partition coefficient (Wildman–Crippen LogP) is 4.37. The van der Waals surface area contributed by atoms with Gasteiger partial charge in [0.05, 0.1) is 0 Å². The van der Waals surface area contributed by atoms with Gasteiger partial charge in [-0.3, -0.25) is 0 Å². The Balaban J connectivity index is 5.30. The van der Waals surface area contributed by atoms with Gasteiger partial charge in [-0.2, -0.15) is 0 Å². The Morgan fingerprint density at radius 2 is 1.09 bits per heavy atom. The van der Waals surface area contributed by atoms with E-state index in [0.29, 0.717) is 0 Å². The zero-order valence-electron chi connectivity index (χ0n) is 16.6. The molecule has 0 saturated carbocycles. The van der Waals surface area contributed by atoms with Crippen molar-refractivity contribution in [1.82, 2.24) is 5.32 Å². The van der Waals surface area contributed by atoms with Gasteiger partial charge in [-0.05, 0) is 0 Å². The average Bonchev–Trinajstić information content (AvgIpc) is 2.16. The van der Waals surface area contributed by atoms with Crippen LogP contribution in [0.25, 0.3) is 0 Å². The Bertz CT molecular complexity index is 273. The summed E-state index contributed by atoms with van der Waals surface area (Å²) in [6, 6.07) is 0.